The molecule has 0 spiro atoms. The summed E-state index contributed by atoms with van der Waals surface area (Å²) in [6.07, 6.45) is 0.718. The van der Waals surface area contributed by atoms with Crippen molar-refractivity contribution in [2.75, 3.05) is 12.4 Å². The third kappa shape index (κ3) is 1.52. The molecule has 4 heteroatoms. The summed E-state index contributed by atoms with van der Waals surface area (Å²) in [6, 6.07) is 0. The van der Waals surface area contributed by atoms with Gasteiger partial charge in [-0.25, -0.2) is 14.4 Å². The van der Waals surface area contributed by atoms with Crippen molar-refractivity contribution >= 4 is 5.82 Å². The summed E-state index contributed by atoms with van der Waals surface area (Å²) in [7, 11) is 1.64. The number of aromatic nitrogens is 2. The van der Waals surface area contributed by atoms with Crippen molar-refractivity contribution in [1.29, 1.82) is 0 Å². The predicted octanol–water partition coefficient (Wildman–Crippen LogP) is 1.53. The molecule has 0 aliphatic heterocycles. The Bertz CT molecular complexity index is 286. The van der Waals surface area contributed by atoms with Gasteiger partial charge in [-0.05, 0) is 6.92 Å². The van der Waals surface area contributed by atoms with E-state index in [1.165, 1.54) is 0 Å². The highest BCUT2D eigenvalue weighted by molar-refractivity contribution is 5.37. The largest absolute Gasteiger partial charge is 0.371 e. The van der Waals surface area contributed by atoms with Crippen LogP contribution in [0.1, 0.15) is 18.4 Å². The fraction of sp³-hybridized carbons (Fsp3) is 0.500. The van der Waals surface area contributed by atoms with Crippen molar-refractivity contribution in [2.45, 2.75) is 20.3 Å². The molecule has 1 rings (SSSR count). The maximum atomic E-state index is 13.1. The number of aryl methyl sites for hydroxylation is 2. The molecule has 0 saturated heterocycles. The zero-order valence-corrected chi connectivity index (χ0v) is 7.48. The number of halogens is 1. The fourth-order valence-electron chi connectivity index (χ4n) is 0.941. The van der Waals surface area contributed by atoms with Crippen LogP contribution in [0.2, 0.25) is 0 Å². The van der Waals surface area contributed by atoms with Gasteiger partial charge in [0.05, 0.1) is 5.69 Å². The average Bonchev–Trinajstić information content (AvgIpc) is 2.09. The van der Waals surface area contributed by atoms with Crippen LogP contribution in [0.3, 0.4) is 0 Å². The molecule has 1 N–H and O–H groups in total. The molecule has 0 aliphatic rings. The van der Waals surface area contributed by atoms with Gasteiger partial charge in [0.2, 0.25) is 0 Å². The van der Waals surface area contributed by atoms with E-state index in [0.717, 1.165) is 6.42 Å². The normalized spacial score (nSPS) is 10.0. The van der Waals surface area contributed by atoms with Crippen molar-refractivity contribution < 1.29 is 4.39 Å². The summed E-state index contributed by atoms with van der Waals surface area (Å²) < 4.78 is 13.1. The monoisotopic (exact) mass is 169 g/mol. The third-order valence-electron chi connectivity index (χ3n) is 1.62. The van der Waals surface area contributed by atoms with Crippen LogP contribution in [0, 0.1) is 12.7 Å². The van der Waals surface area contributed by atoms with E-state index in [0.29, 0.717) is 11.5 Å². The molecule has 66 valence electrons. The first-order chi connectivity index (χ1) is 5.69. The Morgan fingerprint density at radius 2 is 2.08 bits per heavy atom. The van der Waals surface area contributed by atoms with Crippen LogP contribution in [0.5, 0.6) is 0 Å². The predicted molar refractivity (Wildman–Crippen MR) is 45.7 cm³/mol. The molecule has 12 heavy (non-hydrogen) atoms. The van der Waals surface area contributed by atoms with E-state index in [1.54, 1.807) is 14.0 Å². The highest BCUT2D eigenvalue weighted by atomic mass is 19.1. The lowest BCUT2D eigenvalue weighted by atomic mass is 10.3. The lowest BCUT2D eigenvalue weighted by Gasteiger charge is -2.05. The third-order valence-corrected chi connectivity index (χ3v) is 1.62. The second kappa shape index (κ2) is 3.47. The number of rotatable bonds is 2. The summed E-state index contributed by atoms with van der Waals surface area (Å²) >= 11 is 0. The Balaban J connectivity index is 3.19. The van der Waals surface area contributed by atoms with Gasteiger partial charge in [-0.3, -0.25) is 0 Å². The van der Waals surface area contributed by atoms with Crippen LogP contribution >= 0.6 is 0 Å². The van der Waals surface area contributed by atoms with Crippen LogP contribution in [0.4, 0.5) is 10.2 Å². The SMILES string of the molecule is CCc1nc(C)c(F)c(NC)n1. The molecule has 0 unspecified atom stereocenters. The van der Waals surface area contributed by atoms with E-state index in [-0.39, 0.29) is 11.6 Å². The Hall–Kier alpha value is -1.19. The molecule has 1 heterocycles. The van der Waals surface area contributed by atoms with Gasteiger partial charge in [0.25, 0.3) is 0 Å². The van der Waals surface area contributed by atoms with Gasteiger partial charge in [-0.1, -0.05) is 6.92 Å². The van der Waals surface area contributed by atoms with Gasteiger partial charge < -0.3 is 5.32 Å². The van der Waals surface area contributed by atoms with Gasteiger partial charge in [-0.15, -0.1) is 0 Å². The van der Waals surface area contributed by atoms with E-state index in [9.17, 15) is 4.39 Å². The molecule has 0 amide bonds. The van der Waals surface area contributed by atoms with Gasteiger partial charge in [0.1, 0.15) is 5.82 Å². The molecule has 0 fully saturated rings. The zero-order valence-electron chi connectivity index (χ0n) is 7.48. The molecule has 0 atom stereocenters. The molecule has 0 aromatic carbocycles. The summed E-state index contributed by atoms with van der Waals surface area (Å²) in [6.45, 7) is 3.57. The highest BCUT2D eigenvalue weighted by Crippen LogP contribution is 2.12. The first-order valence-corrected chi connectivity index (χ1v) is 3.89. The molecule has 0 saturated carbocycles. The topological polar surface area (TPSA) is 37.8 Å². The number of hydrogen-bond acceptors (Lipinski definition) is 3. The molecule has 1 aromatic rings. The van der Waals surface area contributed by atoms with E-state index < -0.39 is 0 Å². The van der Waals surface area contributed by atoms with Gasteiger partial charge >= 0.3 is 0 Å². The summed E-state index contributed by atoms with van der Waals surface area (Å²) in [5, 5.41) is 2.68. The lowest BCUT2D eigenvalue weighted by Crippen LogP contribution is -2.05. The standard InChI is InChI=1S/C8H12FN3/c1-4-6-11-5(2)7(9)8(10-3)12-6/h4H2,1-3H3,(H,10,11,12). The quantitative estimate of drug-likeness (QED) is 0.729. The van der Waals surface area contributed by atoms with Crippen LogP contribution in [-0.2, 0) is 6.42 Å². The lowest BCUT2D eigenvalue weighted by molar-refractivity contribution is 0.601. The summed E-state index contributed by atoms with van der Waals surface area (Å²) in [5.41, 5.74) is 0.395. The molecular weight excluding hydrogens is 157 g/mol. The minimum Gasteiger partial charge on any atom is -0.371 e. The molecule has 0 radical (unpaired) electrons. The minimum absolute atomic E-state index is 0.277. The van der Waals surface area contributed by atoms with Gasteiger partial charge in [-0.2, -0.15) is 0 Å². The molecule has 0 aliphatic carbocycles. The maximum Gasteiger partial charge on any atom is 0.186 e. The van der Waals surface area contributed by atoms with Crippen molar-refractivity contribution in [1.82, 2.24) is 9.97 Å². The first-order valence-electron chi connectivity index (χ1n) is 3.89. The Morgan fingerprint density at radius 3 is 2.58 bits per heavy atom. The molecule has 3 nitrogen and oxygen atoms in total. The second-order valence-corrected chi connectivity index (χ2v) is 2.49. The van der Waals surface area contributed by atoms with E-state index in [4.69, 9.17) is 0 Å². The Kier molecular flexibility index (Phi) is 2.58. The van der Waals surface area contributed by atoms with Crippen molar-refractivity contribution in [2.24, 2.45) is 0 Å². The maximum absolute atomic E-state index is 13.1. The number of nitrogens with one attached hydrogen (secondary N) is 1. The first kappa shape index (κ1) is 8.90. The van der Waals surface area contributed by atoms with Crippen LogP contribution in [0.15, 0.2) is 0 Å². The Morgan fingerprint density at radius 1 is 1.42 bits per heavy atom. The molecular formula is C8H12FN3. The minimum atomic E-state index is -0.366. The highest BCUT2D eigenvalue weighted by Gasteiger charge is 2.08. The van der Waals surface area contributed by atoms with E-state index >= 15 is 0 Å². The fourth-order valence-corrected chi connectivity index (χ4v) is 0.941. The Labute approximate surface area is 71.0 Å². The molecule has 1 aromatic heterocycles. The van der Waals surface area contributed by atoms with Crippen LogP contribution in [0.25, 0.3) is 0 Å². The number of anilines is 1. The van der Waals surface area contributed by atoms with Crippen molar-refractivity contribution in [3.63, 3.8) is 0 Å². The zero-order chi connectivity index (χ0) is 9.14. The van der Waals surface area contributed by atoms with Crippen LogP contribution < -0.4 is 5.32 Å². The van der Waals surface area contributed by atoms with Gasteiger partial charge in [0.15, 0.2) is 11.6 Å². The van der Waals surface area contributed by atoms with Gasteiger partial charge in [0, 0.05) is 13.5 Å². The van der Waals surface area contributed by atoms with E-state index in [2.05, 4.69) is 15.3 Å². The van der Waals surface area contributed by atoms with Crippen LogP contribution in [-0.4, -0.2) is 17.0 Å². The number of nitrogens with zero attached hydrogens (tertiary/aromatic N) is 2. The smallest absolute Gasteiger partial charge is 0.186 e. The van der Waals surface area contributed by atoms with E-state index in [1.807, 2.05) is 6.92 Å². The second-order valence-electron chi connectivity index (χ2n) is 2.49. The summed E-state index contributed by atoms with van der Waals surface area (Å²) in [4.78, 5) is 7.95. The average molecular weight is 169 g/mol. The van der Waals surface area contributed by atoms with Crippen molar-refractivity contribution in [3.8, 4) is 0 Å². The number of hydrogen-bond donors (Lipinski definition) is 1. The van der Waals surface area contributed by atoms with Crippen molar-refractivity contribution in [3.05, 3.63) is 17.3 Å². The molecule has 0 bridgehead atoms. The summed E-state index contributed by atoms with van der Waals surface area (Å²) in [5.74, 6) is 0.576.